The average Bonchev–Trinajstić information content (AvgIpc) is 2.81. The zero-order valence-electron chi connectivity index (χ0n) is 8.92. The first-order chi connectivity index (χ1) is 8.15. The summed E-state index contributed by atoms with van der Waals surface area (Å²) in [5.74, 6) is 0.641. The van der Waals surface area contributed by atoms with E-state index >= 15 is 0 Å². The highest BCUT2D eigenvalue weighted by atomic mass is 35.5. The minimum Gasteiger partial charge on any atom is -0.439 e. The van der Waals surface area contributed by atoms with Crippen LogP contribution in [0.5, 0.6) is 0 Å². The summed E-state index contributed by atoms with van der Waals surface area (Å²) in [6, 6.07) is 4.51. The standard InChI is InChI=1S/C12H8ClFN2O/c1-6-16-12(13)11(17-6)9-5-15-10-3-2-7(14)4-8(9)10/h2-5,15H,1H3. The van der Waals surface area contributed by atoms with E-state index in [0.717, 1.165) is 10.9 Å². The average molecular weight is 251 g/mol. The van der Waals surface area contributed by atoms with Gasteiger partial charge in [-0.05, 0) is 18.2 Å². The largest absolute Gasteiger partial charge is 0.439 e. The normalized spacial score (nSPS) is 11.2. The summed E-state index contributed by atoms with van der Waals surface area (Å²) in [6.45, 7) is 1.71. The van der Waals surface area contributed by atoms with Crippen LogP contribution in [0.1, 0.15) is 5.89 Å². The maximum Gasteiger partial charge on any atom is 0.193 e. The Morgan fingerprint density at radius 2 is 2.24 bits per heavy atom. The molecule has 1 N–H and O–H groups in total. The molecule has 5 heteroatoms. The van der Waals surface area contributed by atoms with Gasteiger partial charge in [0.2, 0.25) is 0 Å². The van der Waals surface area contributed by atoms with Crippen LogP contribution in [-0.2, 0) is 0 Å². The Morgan fingerprint density at radius 1 is 1.41 bits per heavy atom. The summed E-state index contributed by atoms with van der Waals surface area (Å²) in [7, 11) is 0. The number of hydrogen-bond donors (Lipinski definition) is 1. The van der Waals surface area contributed by atoms with E-state index in [1.807, 2.05) is 0 Å². The summed E-state index contributed by atoms with van der Waals surface area (Å²) in [4.78, 5) is 7.02. The molecule has 0 atom stereocenters. The number of H-pyrrole nitrogens is 1. The molecule has 2 aromatic heterocycles. The van der Waals surface area contributed by atoms with Gasteiger partial charge in [-0.25, -0.2) is 9.37 Å². The zero-order chi connectivity index (χ0) is 12.0. The lowest BCUT2D eigenvalue weighted by molar-refractivity contribution is 0.535. The molecule has 0 amide bonds. The highest BCUT2D eigenvalue weighted by Gasteiger charge is 2.15. The third kappa shape index (κ3) is 1.61. The van der Waals surface area contributed by atoms with Gasteiger partial charge in [-0.15, -0.1) is 0 Å². The van der Waals surface area contributed by atoms with Crippen molar-refractivity contribution >= 4 is 22.5 Å². The van der Waals surface area contributed by atoms with Crippen LogP contribution in [-0.4, -0.2) is 9.97 Å². The number of aryl methyl sites for hydroxylation is 1. The summed E-state index contributed by atoms with van der Waals surface area (Å²) in [6.07, 6.45) is 1.73. The Morgan fingerprint density at radius 3 is 2.94 bits per heavy atom. The molecule has 0 unspecified atom stereocenters. The SMILES string of the molecule is Cc1nc(Cl)c(-c2c[nH]c3ccc(F)cc23)o1. The van der Waals surface area contributed by atoms with Crippen LogP contribution >= 0.6 is 11.6 Å². The lowest BCUT2D eigenvalue weighted by Crippen LogP contribution is -1.75. The van der Waals surface area contributed by atoms with Gasteiger partial charge < -0.3 is 9.40 Å². The van der Waals surface area contributed by atoms with Crippen LogP contribution < -0.4 is 0 Å². The first-order valence-electron chi connectivity index (χ1n) is 5.05. The summed E-state index contributed by atoms with van der Waals surface area (Å²) in [5, 5.41) is 1.01. The molecular formula is C12H8ClFN2O. The lowest BCUT2D eigenvalue weighted by Gasteiger charge is -1.95. The predicted octanol–water partition coefficient (Wildman–Crippen LogP) is 3.92. The number of aromatic nitrogens is 2. The van der Waals surface area contributed by atoms with Gasteiger partial charge in [0.25, 0.3) is 0 Å². The van der Waals surface area contributed by atoms with E-state index in [0.29, 0.717) is 17.2 Å². The van der Waals surface area contributed by atoms with E-state index in [4.69, 9.17) is 16.0 Å². The van der Waals surface area contributed by atoms with E-state index in [9.17, 15) is 4.39 Å². The van der Waals surface area contributed by atoms with Crippen LogP contribution in [0.3, 0.4) is 0 Å². The molecule has 0 spiro atoms. The van der Waals surface area contributed by atoms with E-state index in [1.54, 1.807) is 19.2 Å². The molecule has 0 fully saturated rings. The van der Waals surface area contributed by atoms with Crippen LogP contribution in [0.15, 0.2) is 28.8 Å². The molecule has 0 aliphatic carbocycles. The highest BCUT2D eigenvalue weighted by molar-refractivity contribution is 6.32. The number of oxazole rings is 1. The number of rotatable bonds is 1. The molecule has 0 bridgehead atoms. The van der Waals surface area contributed by atoms with Crippen molar-refractivity contribution in [3.63, 3.8) is 0 Å². The second-order valence-electron chi connectivity index (χ2n) is 3.75. The quantitative estimate of drug-likeness (QED) is 0.711. The van der Waals surface area contributed by atoms with Crippen LogP contribution in [0, 0.1) is 12.7 Å². The number of hydrogen-bond acceptors (Lipinski definition) is 2. The molecule has 3 nitrogen and oxygen atoms in total. The second-order valence-corrected chi connectivity index (χ2v) is 4.10. The number of nitrogens with zero attached hydrogens (tertiary/aromatic N) is 1. The molecule has 3 rings (SSSR count). The lowest BCUT2D eigenvalue weighted by atomic mass is 10.1. The first-order valence-corrected chi connectivity index (χ1v) is 5.43. The maximum atomic E-state index is 13.2. The van der Waals surface area contributed by atoms with E-state index in [2.05, 4.69) is 9.97 Å². The Kier molecular flexibility index (Phi) is 2.19. The van der Waals surface area contributed by atoms with Gasteiger partial charge in [0, 0.05) is 29.6 Å². The first kappa shape index (κ1) is 10.4. The van der Waals surface area contributed by atoms with Crippen molar-refractivity contribution in [3.8, 4) is 11.3 Å². The topological polar surface area (TPSA) is 41.8 Å². The molecule has 2 heterocycles. The molecule has 0 radical (unpaired) electrons. The van der Waals surface area contributed by atoms with Gasteiger partial charge in [0.05, 0.1) is 0 Å². The van der Waals surface area contributed by atoms with E-state index in [-0.39, 0.29) is 11.0 Å². The molecule has 86 valence electrons. The Bertz CT molecular complexity index is 702. The molecule has 3 aromatic rings. The van der Waals surface area contributed by atoms with E-state index < -0.39 is 0 Å². The van der Waals surface area contributed by atoms with Gasteiger partial charge in [-0.3, -0.25) is 0 Å². The molecule has 0 aliphatic heterocycles. The van der Waals surface area contributed by atoms with Gasteiger partial charge in [-0.2, -0.15) is 0 Å². The molecule has 17 heavy (non-hydrogen) atoms. The fourth-order valence-electron chi connectivity index (χ4n) is 1.85. The smallest absolute Gasteiger partial charge is 0.193 e. The van der Waals surface area contributed by atoms with Crippen LogP contribution in [0.2, 0.25) is 5.15 Å². The number of aromatic amines is 1. The number of fused-ring (bicyclic) bond motifs is 1. The predicted molar refractivity (Wildman–Crippen MR) is 63.5 cm³/mol. The molecular weight excluding hydrogens is 243 g/mol. The van der Waals surface area contributed by atoms with Crippen LogP contribution in [0.4, 0.5) is 4.39 Å². The van der Waals surface area contributed by atoms with Crippen molar-refractivity contribution < 1.29 is 8.81 Å². The van der Waals surface area contributed by atoms with Crippen molar-refractivity contribution in [1.29, 1.82) is 0 Å². The third-order valence-corrected chi connectivity index (χ3v) is 2.84. The van der Waals surface area contributed by atoms with Crippen molar-refractivity contribution in [1.82, 2.24) is 9.97 Å². The summed E-state index contributed by atoms with van der Waals surface area (Å²) < 4.78 is 18.6. The van der Waals surface area contributed by atoms with Crippen molar-refractivity contribution in [2.75, 3.05) is 0 Å². The minimum absolute atomic E-state index is 0.285. The molecule has 0 saturated carbocycles. The Hall–Kier alpha value is -1.81. The van der Waals surface area contributed by atoms with Gasteiger partial charge in [0.1, 0.15) is 5.82 Å². The fraction of sp³-hybridized carbons (Fsp3) is 0.0833. The molecule has 0 aliphatic rings. The maximum absolute atomic E-state index is 13.2. The van der Waals surface area contributed by atoms with Crippen molar-refractivity contribution in [2.24, 2.45) is 0 Å². The number of benzene rings is 1. The monoisotopic (exact) mass is 250 g/mol. The summed E-state index contributed by atoms with van der Waals surface area (Å²) >= 11 is 5.96. The van der Waals surface area contributed by atoms with Gasteiger partial charge in [-0.1, -0.05) is 11.6 Å². The summed E-state index contributed by atoms with van der Waals surface area (Å²) in [5.41, 5.74) is 1.54. The Balaban J connectivity index is 2.30. The molecule has 1 aromatic carbocycles. The van der Waals surface area contributed by atoms with Crippen LogP contribution in [0.25, 0.3) is 22.2 Å². The highest BCUT2D eigenvalue weighted by Crippen LogP contribution is 2.34. The fourth-order valence-corrected chi connectivity index (χ4v) is 2.11. The number of halogens is 2. The minimum atomic E-state index is -0.300. The van der Waals surface area contributed by atoms with E-state index in [1.165, 1.54) is 12.1 Å². The van der Waals surface area contributed by atoms with Gasteiger partial charge >= 0.3 is 0 Å². The van der Waals surface area contributed by atoms with Crippen molar-refractivity contribution in [2.45, 2.75) is 6.92 Å². The second kappa shape index (κ2) is 3.60. The number of nitrogens with one attached hydrogen (secondary N) is 1. The van der Waals surface area contributed by atoms with Crippen molar-refractivity contribution in [3.05, 3.63) is 41.3 Å². The van der Waals surface area contributed by atoms with Gasteiger partial charge in [0.15, 0.2) is 16.8 Å². The Labute approximate surface area is 101 Å². The third-order valence-electron chi connectivity index (χ3n) is 2.58. The molecule has 0 saturated heterocycles. The zero-order valence-corrected chi connectivity index (χ0v) is 9.68.